The van der Waals surface area contributed by atoms with Crippen LogP contribution in [0.4, 0.5) is 0 Å². The second-order valence-electron chi connectivity index (χ2n) is 5.42. The number of benzene rings is 1. The quantitative estimate of drug-likeness (QED) is 0.836. The Labute approximate surface area is 124 Å². The standard InChI is InChI=1S/C16H20N2O3/c17-13-2-1-7-18(11-13)16(19)6-4-12-3-5-14-15(10-12)21-9-8-20-14/h3-6,10,13H,1-2,7-9,11,17H2. The summed E-state index contributed by atoms with van der Waals surface area (Å²) in [6, 6.07) is 5.78. The van der Waals surface area contributed by atoms with Crippen molar-refractivity contribution in [3.05, 3.63) is 29.8 Å². The van der Waals surface area contributed by atoms with Gasteiger partial charge in [-0.1, -0.05) is 6.07 Å². The van der Waals surface area contributed by atoms with Gasteiger partial charge in [0.1, 0.15) is 13.2 Å². The summed E-state index contributed by atoms with van der Waals surface area (Å²) in [4.78, 5) is 13.9. The van der Waals surface area contributed by atoms with E-state index < -0.39 is 0 Å². The average Bonchev–Trinajstić information content (AvgIpc) is 2.52. The summed E-state index contributed by atoms with van der Waals surface area (Å²) in [5.74, 6) is 1.50. The van der Waals surface area contributed by atoms with E-state index >= 15 is 0 Å². The van der Waals surface area contributed by atoms with Crippen molar-refractivity contribution in [2.24, 2.45) is 5.73 Å². The third-order valence-corrected chi connectivity index (χ3v) is 3.75. The number of ether oxygens (including phenoxy) is 2. The number of hydrogen-bond donors (Lipinski definition) is 1. The normalized spacial score (nSPS) is 21.6. The highest BCUT2D eigenvalue weighted by molar-refractivity contribution is 5.92. The molecule has 2 aliphatic heterocycles. The highest BCUT2D eigenvalue weighted by Gasteiger charge is 2.19. The van der Waals surface area contributed by atoms with Crippen LogP contribution in [0.15, 0.2) is 24.3 Å². The summed E-state index contributed by atoms with van der Waals surface area (Å²) in [7, 11) is 0. The number of carbonyl (C=O) groups excluding carboxylic acids is 1. The molecule has 2 heterocycles. The SMILES string of the molecule is NC1CCCN(C(=O)C=Cc2ccc3c(c2)OCCO3)C1. The number of rotatable bonds is 2. The molecule has 1 atom stereocenters. The fourth-order valence-electron chi connectivity index (χ4n) is 2.65. The van der Waals surface area contributed by atoms with Gasteiger partial charge in [-0.25, -0.2) is 0 Å². The highest BCUT2D eigenvalue weighted by Crippen LogP contribution is 2.31. The van der Waals surface area contributed by atoms with Crippen LogP contribution in [0, 0.1) is 0 Å². The second kappa shape index (κ2) is 6.18. The molecule has 1 amide bonds. The number of nitrogens with zero attached hydrogens (tertiary/aromatic N) is 1. The largest absolute Gasteiger partial charge is 0.486 e. The summed E-state index contributed by atoms with van der Waals surface area (Å²) >= 11 is 0. The van der Waals surface area contributed by atoms with Gasteiger partial charge in [0.2, 0.25) is 5.91 Å². The molecule has 0 aliphatic carbocycles. The van der Waals surface area contributed by atoms with Crippen molar-refractivity contribution in [1.29, 1.82) is 0 Å². The number of likely N-dealkylation sites (tertiary alicyclic amines) is 1. The first kappa shape index (κ1) is 13.9. The summed E-state index contributed by atoms with van der Waals surface area (Å²) < 4.78 is 11.0. The molecule has 3 rings (SSSR count). The maximum absolute atomic E-state index is 12.1. The van der Waals surface area contributed by atoms with Gasteiger partial charge in [-0.3, -0.25) is 4.79 Å². The Hall–Kier alpha value is -2.01. The molecule has 0 spiro atoms. The maximum atomic E-state index is 12.1. The van der Waals surface area contributed by atoms with E-state index in [2.05, 4.69) is 0 Å². The zero-order valence-electron chi connectivity index (χ0n) is 12.0. The van der Waals surface area contributed by atoms with E-state index in [1.54, 1.807) is 12.2 Å². The van der Waals surface area contributed by atoms with Crippen LogP contribution in [0.25, 0.3) is 6.08 Å². The first-order chi connectivity index (χ1) is 10.2. The fourth-order valence-corrected chi connectivity index (χ4v) is 2.65. The monoisotopic (exact) mass is 288 g/mol. The van der Waals surface area contributed by atoms with Crippen molar-refractivity contribution in [1.82, 2.24) is 4.90 Å². The van der Waals surface area contributed by atoms with Gasteiger partial charge in [0.25, 0.3) is 0 Å². The minimum Gasteiger partial charge on any atom is -0.486 e. The zero-order valence-corrected chi connectivity index (χ0v) is 12.0. The van der Waals surface area contributed by atoms with Crippen LogP contribution in [-0.4, -0.2) is 43.2 Å². The molecule has 0 saturated carbocycles. The molecule has 2 N–H and O–H groups in total. The molecule has 1 aromatic rings. The van der Waals surface area contributed by atoms with Crippen LogP contribution in [0.5, 0.6) is 11.5 Å². The van der Waals surface area contributed by atoms with E-state index in [0.717, 1.165) is 36.4 Å². The predicted octanol–water partition coefficient (Wildman–Crippen LogP) is 1.42. The van der Waals surface area contributed by atoms with Gasteiger partial charge in [0, 0.05) is 25.2 Å². The van der Waals surface area contributed by atoms with E-state index in [0.29, 0.717) is 19.8 Å². The second-order valence-corrected chi connectivity index (χ2v) is 5.42. The number of hydrogen-bond acceptors (Lipinski definition) is 4. The average molecular weight is 288 g/mol. The van der Waals surface area contributed by atoms with Gasteiger partial charge in [-0.15, -0.1) is 0 Å². The molecule has 0 radical (unpaired) electrons. The van der Waals surface area contributed by atoms with Crippen molar-refractivity contribution < 1.29 is 14.3 Å². The van der Waals surface area contributed by atoms with Crippen molar-refractivity contribution in [2.45, 2.75) is 18.9 Å². The predicted molar refractivity (Wildman–Crippen MR) is 80.3 cm³/mol. The lowest BCUT2D eigenvalue weighted by molar-refractivity contribution is -0.127. The maximum Gasteiger partial charge on any atom is 0.246 e. The summed E-state index contributed by atoms with van der Waals surface area (Å²) in [5, 5.41) is 0. The van der Waals surface area contributed by atoms with Crippen LogP contribution in [0.2, 0.25) is 0 Å². The Balaban J connectivity index is 1.66. The Bertz CT molecular complexity index is 556. The number of nitrogens with two attached hydrogens (primary N) is 1. The zero-order chi connectivity index (χ0) is 14.7. The van der Waals surface area contributed by atoms with Gasteiger partial charge in [0.15, 0.2) is 11.5 Å². The minimum absolute atomic E-state index is 0.0139. The van der Waals surface area contributed by atoms with Crippen molar-refractivity contribution >= 4 is 12.0 Å². The molecule has 1 unspecified atom stereocenters. The molecule has 2 aliphatic rings. The van der Waals surface area contributed by atoms with Gasteiger partial charge in [-0.2, -0.15) is 0 Å². The third kappa shape index (κ3) is 3.36. The summed E-state index contributed by atoms with van der Waals surface area (Å²) in [5.41, 5.74) is 6.82. The molecule has 1 fully saturated rings. The van der Waals surface area contributed by atoms with Gasteiger partial charge in [0.05, 0.1) is 0 Å². The first-order valence-corrected chi connectivity index (χ1v) is 7.34. The van der Waals surface area contributed by atoms with Gasteiger partial charge >= 0.3 is 0 Å². The molecule has 112 valence electrons. The highest BCUT2D eigenvalue weighted by atomic mass is 16.6. The number of amides is 1. The van der Waals surface area contributed by atoms with Crippen LogP contribution in [0.1, 0.15) is 18.4 Å². The van der Waals surface area contributed by atoms with Crippen LogP contribution in [-0.2, 0) is 4.79 Å². The van der Waals surface area contributed by atoms with Crippen molar-refractivity contribution in [3.8, 4) is 11.5 Å². The molecular weight excluding hydrogens is 268 g/mol. The Morgan fingerprint density at radius 1 is 1.29 bits per heavy atom. The van der Waals surface area contributed by atoms with E-state index in [1.165, 1.54) is 0 Å². The molecule has 21 heavy (non-hydrogen) atoms. The molecule has 0 bridgehead atoms. The lowest BCUT2D eigenvalue weighted by Gasteiger charge is -2.29. The van der Waals surface area contributed by atoms with Crippen molar-refractivity contribution in [2.75, 3.05) is 26.3 Å². The minimum atomic E-state index is 0.0139. The van der Waals surface area contributed by atoms with E-state index in [1.807, 2.05) is 23.1 Å². The molecule has 0 aromatic heterocycles. The van der Waals surface area contributed by atoms with E-state index in [4.69, 9.17) is 15.2 Å². The topological polar surface area (TPSA) is 64.8 Å². The molecule has 5 heteroatoms. The Kier molecular flexibility index (Phi) is 4.10. The fraction of sp³-hybridized carbons (Fsp3) is 0.438. The number of fused-ring (bicyclic) bond motifs is 1. The molecule has 5 nitrogen and oxygen atoms in total. The Morgan fingerprint density at radius 3 is 2.90 bits per heavy atom. The van der Waals surface area contributed by atoms with Gasteiger partial charge in [-0.05, 0) is 36.6 Å². The lowest BCUT2D eigenvalue weighted by Crippen LogP contribution is -2.45. The van der Waals surface area contributed by atoms with Crippen molar-refractivity contribution in [3.63, 3.8) is 0 Å². The first-order valence-electron chi connectivity index (χ1n) is 7.34. The Morgan fingerprint density at radius 2 is 2.10 bits per heavy atom. The molecule has 1 saturated heterocycles. The summed E-state index contributed by atoms with van der Waals surface area (Å²) in [6.07, 6.45) is 5.38. The van der Waals surface area contributed by atoms with Crippen LogP contribution >= 0.6 is 0 Å². The number of piperidine rings is 1. The van der Waals surface area contributed by atoms with Crippen LogP contribution in [0.3, 0.4) is 0 Å². The van der Waals surface area contributed by atoms with Gasteiger partial charge < -0.3 is 20.1 Å². The molecular formula is C16H20N2O3. The summed E-state index contributed by atoms with van der Waals surface area (Å²) in [6.45, 7) is 2.57. The molecule has 1 aromatic carbocycles. The third-order valence-electron chi connectivity index (χ3n) is 3.75. The van der Waals surface area contributed by atoms with E-state index in [-0.39, 0.29) is 11.9 Å². The smallest absolute Gasteiger partial charge is 0.246 e. The van der Waals surface area contributed by atoms with Crippen LogP contribution < -0.4 is 15.2 Å². The lowest BCUT2D eigenvalue weighted by atomic mass is 10.1. The number of carbonyl (C=O) groups is 1. The van der Waals surface area contributed by atoms with E-state index in [9.17, 15) is 4.79 Å².